The van der Waals surface area contributed by atoms with Gasteiger partial charge in [-0.3, -0.25) is 9.69 Å². The minimum Gasteiger partial charge on any atom is -0.493 e. The standard InChI is InChI=1S/C27H31N3O5/c1-6-30(7-2)14-23(31)28-27-24-17(10-11-20(32-4)26(24)33-5)18-9-8-16-12-21-22(35-15-34-21)13-19(16)25(18)29(27)3/h8-13,27H,6-7,14-15H2,1-5H3,(H,28,31). The summed E-state index contributed by atoms with van der Waals surface area (Å²) in [6.45, 7) is 6.25. The van der Waals surface area contributed by atoms with Crippen molar-refractivity contribution >= 4 is 22.4 Å². The Labute approximate surface area is 205 Å². The first-order valence-electron chi connectivity index (χ1n) is 11.9. The zero-order valence-electron chi connectivity index (χ0n) is 20.8. The summed E-state index contributed by atoms with van der Waals surface area (Å²) in [5.41, 5.74) is 3.91. The predicted molar refractivity (Wildman–Crippen MR) is 136 cm³/mol. The third-order valence-electron chi connectivity index (χ3n) is 6.93. The lowest BCUT2D eigenvalue weighted by atomic mass is 9.88. The number of ether oxygens (including phenoxy) is 4. The molecule has 3 aromatic carbocycles. The number of methoxy groups -OCH3 is 2. The van der Waals surface area contributed by atoms with Crippen LogP contribution in [0.5, 0.6) is 23.0 Å². The van der Waals surface area contributed by atoms with Gasteiger partial charge in [0.15, 0.2) is 23.0 Å². The Morgan fingerprint density at radius 3 is 2.46 bits per heavy atom. The summed E-state index contributed by atoms with van der Waals surface area (Å²) in [6.07, 6.45) is -0.457. The molecule has 184 valence electrons. The Morgan fingerprint density at radius 1 is 1.06 bits per heavy atom. The minimum atomic E-state index is -0.457. The number of anilines is 1. The lowest BCUT2D eigenvalue weighted by Gasteiger charge is -2.40. The SMILES string of the molecule is CCN(CC)CC(=O)NC1c2c(ccc(OC)c2OC)-c2ccc3cc4c(cc3c2N1C)OCO4. The summed E-state index contributed by atoms with van der Waals surface area (Å²) in [6, 6.07) is 12.2. The van der Waals surface area contributed by atoms with Gasteiger partial charge in [-0.1, -0.05) is 26.0 Å². The second-order valence-corrected chi connectivity index (χ2v) is 8.69. The molecule has 0 aliphatic carbocycles. The van der Waals surface area contributed by atoms with Crippen LogP contribution in [-0.4, -0.2) is 58.5 Å². The van der Waals surface area contributed by atoms with Crippen molar-refractivity contribution in [1.29, 1.82) is 0 Å². The number of hydrogen-bond donors (Lipinski definition) is 1. The van der Waals surface area contributed by atoms with Crippen LogP contribution >= 0.6 is 0 Å². The summed E-state index contributed by atoms with van der Waals surface area (Å²) in [5, 5.41) is 5.33. The lowest BCUT2D eigenvalue weighted by Crippen LogP contribution is -2.45. The average molecular weight is 478 g/mol. The van der Waals surface area contributed by atoms with Gasteiger partial charge in [-0.15, -0.1) is 0 Å². The molecule has 5 rings (SSSR count). The van der Waals surface area contributed by atoms with Crippen molar-refractivity contribution in [2.45, 2.75) is 20.0 Å². The fraction of sp³-hybridized carbons (Fsp3) is 0.370. The highest BCUT2D eigenvalue weighted by Crippen LogP contribution is 2.52. The van der Waals surface area contributed by atoms with Crippen LogP contribution < -0.4 is 29.2 Å². The van der Waals surface area contributed by atoms with Crippen LogP contribution in [0.25, 0.3) is 21.9 Å². The van der Waals surface area contributed by atoms with E-state index in [0.717, 1.165) is 57.7 Å². The fourth-order valence-electron chi connectivity index (χ4n) is 5.09. The number of benzene rings is 3. The molecular formula is C27H31N3O5. The topological polar surface area (TPSA) is 72.5 Å². The van der Waals surface area contributed by atoms with Crippen LogP contribution in [-0.2, 0) is 4.79 Å². The van der Waals surface area contributed by atoms with Crippen LogP contribution in [0.3, 0.4) is 0 Å². The Morgan fingerprint density at radius 2 is 1.77 bits per heavy atom. The maximum Gasteiger partial charge on any atom is 0.236 e. The van der Waals surface area contributed by atoms with Crippen LogP contribution in [0, 0.1) is 0 Å². The van der Waals surface area contributed by atoms with E-state index in [1.165, 1.54) is 0 Å². The number of rotatable bonds is 7. The maximum atomic E-state index is 13.2. The number of fused-ring (bicyclic) bond motifs is 6. The highest BCUT2D eigenvalue weighted by atomic mass is 16.7. The highest BCUT2D eigenvalue weighted by molar-refractivity contribution is 6.06. The van der Waals surface area contributed by atoms with Crippen molar-refractivity contribution in [3.8, 4) is 34.1 Å². The number of hydrogen-bond acceptors (Lipinski definition) is 7. The smallest absolute Gasteiger partial charge is 0.236 e. The van der Waals surface area contributed by atoms with Gasteiger partial charge in [0.25, 0.3) is 0 Å². The van der Waals surface area contributed by atoms with Gasteiger partial charge in [0.05, 0.1) is 26.5 Å². The van der Waals surface area contributed by atoms with Gasteiger partial charge < -0.3 is 29.2 Å². The molecule has 2 aliphatic rings. The van der Waals surface area contributed by atoms with Crippen molar-refractivity contribution in [1.82, 2.24) is 10.2 Å². The zero-order chi connectivity index (χ0) is 24.7. The first-order chi connectivity index (χ1) is 17.0. The number of carbonyl (C=O) groups excluding carboxylic acids is 1. The molecule has 1 unspecified atom stereocenters. The summed E-state index contributed by atoms with van der Waals surface area (Å²) in [5.74, 6) is 2.64. The summed E-state index contributed by atoms with van der Waals surface area (Å²) in [4.78, 5) is 17.4. The van der Waals surface area contributed by atoms with Crippen molar-refractivity contribution in [2.75, 3.05) is 52.6 Å². The van der Waals surface area contributed by atoms with E-state index in [9.17, 15) is 4.79 Å². The molecule has 1 amide bonds. The van der Waals surface area contributed by atoms with E-state index in [1.54, 1.807) is 14.2 Å². The van der Waals surface area contributed by atoms with Crippen LogP contribution in [0.15, 0.2) is 36.4 Å². The molecule has 1 atom stereocenters. The lowest BCUT2D eigenvalue weighted by molar-refractivity contribution is -0.122. The summed E-state index contributed by atoms with van der Waals surface area (Å²) in [7, 11) is 5.24. The van der Waals surface area contributed by atoms with E-state index in [4.69, 9.17) is 18.9 Å². The molecular weight excluding hydrogens is 446 g/mol. The molecule has 0 saturated heterocycles. The van der Waals surface area contributed by atoms with Gasteiger partial charge in [-0.05, 0) is 48.3 Å². The molecule has 3 aromatic rings. The quantitative estimate of drug-likeness (QED) is 0.548. The van der Waals surface area contributed by atoms with E-state index < -0.39 is 6.17 Å². The molecule has 8 nitrogen and oxygen atoms in total. The molecule has 0 saturated carbocycles. The predicted octanol–water partition coefficient (Wildman–Crippen LogP) is 4.16. The molecule has 1 N–H and O–H groups in total. The van der Waals surface area contributed by atoms with Crippen molar-refractivity contribution in [3.05, 3.63) is 42.0 Å². The third-order valence-corrected chi connectivity index (χ3v) is 6.93. The number of nitrogens with one attached hydrogen (secondary N) is 1. The van der Waals surface area contributed by atoms with Gasteiger partial charge in [-0.2, -0.15) is 0 Å². The largest absolute Gasteiger partial charge is 0.493 e. The molecule has 0 radical (unpaired) electrons. The second kappa shape index (κ2) is 9.19. The van der Waals surface area contributed by atoms with Crippen LogP contribution in [0.1, 0.15) is 25.6 Å². The van der Waals surface area contributed by atoms with Crippen molar-refractivity contribution < 1.29 is 23.7 Å². The molecule has 2 heterocycles. The molecule has 0 fully saturated rings. The van der Waals surface area contributed by atoms with Gasteiger partial charge >= 0.3 is 0 Å². The Kier molecular flexibility index (Phi) is 6.06. The molecule has 2 aliphatic heterocycles. The first-order valence-corrected chi connectivity index (χ1v) is 11.9. The number of nitrogens with zero attached hydrogens (tertiary/aromatic N) is 2. The number of amides is 1. The molecule has 8 heteroatoms. The minimum absolute atomic E-state index is 0.0531. The van der Waals surface area contributed by atoms with Gasteiger partial charge in [0.2, 0.25) is 12.7 Å². The normalized spacial score (nSPS) is 15.7. The van der Waals surface area contributed by atoms with Crippen molar-refractivity contribution in [2.24, 2.45) is 0 Å². The van der Waals surface area contributed by atoms with E-state index in [1.807, 2.05) is 31.3 Å². The molecule has 35 heavy (non-hydrogen) atoms. The summed E-state index contributed by atoms with van der Waals surface area (Å²) < 4.78 is 22.7. The fourth-order valence-corrected chi connectivity index (χ4v) is 5.09. The Balaban J connectivity index is 1.69. The highest BCUT2D eigenvalue weighted by Gasteiger charge is 2.35. The average Bonchev–Trinajstić information content (AvgIpc) is 3.34. The van der Waals surface area contributed by atoms with E-state index in [-0.39, 0.29) is 12.7 Å². The third kappa shape index (κ3) is 3.78. The second-order valence-electron chi connectivity index (χ2n) is 8.69. The van der Waals surface area contributed by atoms with Gasteiger partial charge in [0, 0.05) is 23.6 Å². The number of likely N-dealkylation sites (N-methyl/N-ethyl adjacent to an activating group) is 1. The van der Waals surface area contributed by atoms with Gasteiger partial charge in [-0.25, -0.2) is 0 Å². The first kappa shape index (κ1) is 23.1. The maximum absolute atomic E-state index is 13.2. The van der Waals surface area contributed by atoms with E-state index >= 15 is 0 Å². The molecule has 0 bridgehead atoms. The summed E-state index contributed by atoms with van der Waals surface area (Å²) >= 11 is 0. The number of carbonyl (C=O) groups is 1. The monoisotopic (exact) mass is 477 g/mol. The Bertz CT molecular complexity index is 1290. The molecule has 0 spiro atoms. The van der Waals surface area contributed by atoms with E-state index in [2.05, 4.69) is 41.1 Å². The molecule has 0 aromatic heterocycles. The van der Waals surface area contributed by atoms with Crippen LogP contribution in [0.2, 0.25) is 0 Å². The van der Waals surface area contributed by atoms with Crippen molar-refractivity contribution in [3.63, 3.8) is 0 Å². The van der Waals surface area contributed by atoms with Gasteiger partial charge in [0.1, 0.15) is 6.17 Å². The van der Waals surface area contributed by atoms with E-state index in [0.29, 0.717) is 18.0 Å². The zero-order valence-corrected chi connectivity index (χ0v) is 20.8. The van der Waals surface area contributed by atoms with Crippen LogP contribution in [0.4, 0.5) is 5.69 Å². The Hall–Kier alpha value is -3.65.